The average molecular weight is 470 g/mol. The fourth-order valence-corrected chi connectivity index (χ4v) is 4.36. The summed E-state index contributed by atoms with van der Waals surface area (Å²) in [4.78, 5) is 39.0. The molecule has 4 aromatic rings. The van der Waals surface area contributed by atoms with Crippen molar-refractivity contribution in [3.8, 4) is 22.3 Å². The van der Waals surface area contributed by atoms with E-state index < -0.39 is 0 Å². The van der Waals surface area contributed by atoms with Crippen molar-refractivity contribution in [2.24, 2.45) is 0 Å². The third kappa shape index (κ3) is 4.57. The van der Waals surface area contributed by atoms with E-state index in [1.54, 1.807) is 37.1 Å². The molecule has 176 valence electrons. The van der Waals surface area contributed by atoms with Crippen molar-refractivity contribution in [3.63, 3.8) is 0 Å². The summed E-state index contributed by atoms with van der Waals surface area (Å²) in [5, 5.41) is 0. The Morgan fingerprint density at radius 3 is 2.57 bits per heavy atom. The van der Waals surface area contributed by atoms with E-state index in [9.17, 15) is 9.18 Å². The Kier molecular flexibility index (Phi) is 6.13. The molecule has 0 saturated carbocycles. The molecule has 8 nitrogen and oxygen atoms in total. The number of pyridine rings is 1. The first-order valence-corrected chi connectivity index (χ1v) is 11.3. The van der Waals surface area contributed by atoms with Gasteiger partial charge in [0.1, 0.15) is 12.1 Å². The third-order valence-electron chi connectivity index (χ3n) is 6.05. The highest BCUT2D eigenvalue weighted by Gasteiger charge is 2.34. The van der Waals surface area contributed by atoms with Crippen molar-refractivity contribution in [3.05, 3.63) is 84.7 Å². The molecule has 9 heteroatoms. The van der Waals surface area contributed by atoms with Crippen molar-refractivity contribution in [2.75, 3.05) is 25.5 Å². The van der Waals surface area contributed by atoms with E-state index in [0.29, 0.717) is 34.9 Å². The number of anilines is 1. The highest BCUT2D eigenvalue weighted by atomic mass is 19.1. The van der Waals surface area contributed by atoms with Crippen LogP contribution in [0.5, 0.6) is 0 Å². The number of nitrogens with zero attached hydrogens (tertiary/aromatic N) is 7. The molecule has 0 unspecified atom stereocenters. The highest BCUT2D eigenvalue weighted by Crippen LogP contribution is 2.38. The van der Waals surface area contributed by atoms with Crippen molar-refractivity contribution >= 4 is 11.9 Å². The van der Waals surface area contributed by atoms with Crippen LogP contribution >= 0.6 is 0 Å². The van der Waals surface area contributed by atoms with Crippen molar-refractivity contribution in [1.29, 1.82) is 0 Å². The van der Waals surface area contributed by atoms with Crippen LogP contribution in [0.25, 0.3) is 22.3 Å². The number of likely N-dealkylation sites (tertiary alicyclic amines) is 1. The standard InChI is InChI=1S/C26H24FN7O/c1-33(2)26-31-15-22(17-5-3-6-21(27)10-17)24(32-26)23-7-4-8-34(23)25(35)19-9-18(11-28-12-19)20-13-29-16-30-14-20/h3,5-6,9-16,23H,4,7-8H2,1-2H3/t23-/m0/s1. The monoisotopic (exact) mass is 469 g/mol. The van der Waals surface area contributed by atoms with Crippen molar-refractivity contribution in [2.45, 2.75) is 18.9 Å². The molecule has 0 N–H and O–H groups in total. The van der Waals surface area contributed by atoms with Crippen LogP contribution in [0.15, 0.2) is 67.6 Å². The molecule has 35 heavy (non-hydrogen) atoms. The molecular formula is C26H24FN7O. The zero-order valence-electron chi connectivity index (χ0n) is 19.5. The van der Waals surface area contributed by atoms with Gasteiger partial charge in [-0.15, -0.1) is 0 Å². The number of aromatic nitrogens is 5. The van der Waals surface area contributed by atoms with Gasteiger partial charge in [-0.2, -0.15) is 0 Å². The van der Waals surface area contributed by atoms with Crippen LogP contribution in [0.3, 0.4) is 0 Å². The van der Waals surface area contributed by atoms with Gasteiger partial charge in [0.25, 0.3) is 5.91 Å². The van der Waals surface area contributed by atoms with Gasteiger partial charge in [-0.05, 0) is 36.6 Å². The zero-order chi connectivity index (χ0) is 24.4. The molecule has 1 amide bonds. The summed E-state index contributed by atoms with van der Waals surface area (Å²) in [5.41, 5.74) is 4.13. The first-order valence-electron chi connectivity index (χ1n) is 11.3. The van der Waals surface area contributed by atoms with Crippen molar-refractivity contribution < 1.29 is 9.18 Å². The quantitative estimate of drug-likeness (QED) is 0.433. The molecule has 1 fully saturated rings. The van der Waals surface area contributed by atoms with Gasteiger partial charge in [-0.3, -0.25) is 9.78 Å². The van der Waals surface area contributed by atoms with Crippen LogP contribution in [-0.2, 0) is 0 Å². The molecule has 1 saturated heterocycles. The normalized spacial score (nSPS) is 15.3. The second-order valence-electron chi connectivity index (χ2n) is 8.62. The number of carbonyl (C=O) groups excluding carboxylic acids is 1. The van der Waals surface area contributed by atoms with Crippen molar-refractivity contribution in [1.82, 2.24) is 29.8 Å². The van der Waals surface area contributed by atoms with Gasteiger partial charge >= 0.3 is 0 Å². The van der Waals surface area contributed by atoms with E-state index in [1.165, 1.54) is 18.5 Å². The predicted octanol–water partition coefficient (Wildman–Crippen LogP) is 4.18. The Balaban J connectivity index is 1.53. The average Bonchev–Trinajstić information content (AvgIpc) is 3.38. The Hall–Kier alpha value is -4.27. The summed E-state index contributed by atoms with van der Waals surface area (Å²) >= 11 is 0. The summed E-state index contributed by atoms with van der Waals surface area (Å²) in [6.07, 6.45) is 11.4. The van der Waals surface area contributed by atoms with Crippen LogP contribution in [0, 0.1) is 5.82 Å². The maximum absolute atomic E-state index is 14.0. The summed E-state index contributed by atoms with van der Waals surface area (Å²) < 4.78 is 14.0. The Morgan fingerprint density at radius 2 is 1.80 bits per heavy atom. The molecule has 1 atom stereocenters. The lowest BCUT2D eigenvalue weighted by molar-refractivity contribution is 0.0733. The molecule has 0 aliphatic carbocycles. The number of rotatable bonds is 5. The Labute approximate surface area is 202 Å². The fraction of sp³-hybridized carbons (Fsp3) is 0.231. The molecule has 4 heterocycles. The smallest absolute Gasteiger partial charge is 0.256 e. The molecule has 0 spiro atoms. The van der Waals surface area contributed by atoms with Gasteiger partial charge in [0.05, 0.1) is 17.3 Å². The molecule has 0 radical (unpaired) electrons. The number of hydrogen-bond donors (Lipinski definition) is 0. The SMILES string of the molecule is CN(C)c1ncc(-c2cccc(F)c2)c([C@@H]2CCCN2C(=O)c2cncc(-c3cncnc3)c2)n1. The summed E-state index contributed by atoms with van der Waals surface area (Å²) in [6, 6.07) is 7.90. The van der Waals surface area contributed by atoms with Gasteiger partial charge < -0.3 is 9.80 Å². The highest BCUT2D eigenvalue weighted by molar-refractivity contribution is 5.95. The zero-order valence-corrected chi connectivity index (χ0v) is 19.5. The van der Waals surface area contributed by atoms with E-state index in [4.69, 9.17) is 4.98 Å². The maximum Gasteiger partial charge on any atom is 0.256 e. The minimum absolute atomic E-state index is 0.131. The Morgan fingerprint density at radius 1 is 1.00 bits per heavy atom. The van der Waals surface area contributed by atoms with Crippen LogP contribution < -0.4 is 4.90 Å². The third-order valence-corrected chi connectivity index (χ3v) is 6.05. The number of halogens is 1. The second-order valence-corrected chi connectivity index (χ2v) is 8.62. The van der Waals surface area contributed by atoms with Gasteiger partial charge in [0, 0.05) is 68.3 Å². The van der Waals surface area contributed by atoms with Crippen LogP contribution in [0.2, 0.25) is 0 Å². The van der Waals surface area contributed by atoms with E-state index in [0.717, 1.165) is 24.0 Å². The number of carbonyl (C=O) groups is 1. The summed E-state index contributed by atoms with van der Waals surface area (Å²) in [7, 11) is 3.73. The lowest BCUT2D eigenvalue weighted by Crippen LogP contribution is -2.31. The summed E-state index contributed by atoms with van der Waals surface area (Å²) in [5.74, 6) is 0.0679. The largest absolute Gasteiger partial charge is 0.347 e. The lowest BCUT2D eigenvalue weighted by atomic mass is 9.99. The maximum atomic E-state index is 14.0. The molecule has 0 bridgehead atoms. The fourth-order valence-electron chi connectivity index (χ4n) is 4.36. The lowest BCUT2D eigenvalue weighted by Gasteiger charge is -2.27. The molecule has 1 aromatic carbocycles. The second kappa shape index (κ2) is 9.54. The molecule has 5 rings (SSSR count). The predicted molar refractivity (Wildman–Crippen MR) is 130 cm³/mol. The summed E-state index contributed by atoms with van der Waals surface area (Å²) in [6.45, 7) is 0.589. The van der Waals surface area contributed by atoms with Crippen LogP contribution in [-0.4, -0.2) is 56.4 Å². The first kappa shape index (κ1) is 22.5. The minimum atomic E-state index is -0.336. The number of amides is 1. The van der Waals surface area contributed by atoms with Gasteiger partial charge in [0.2, 0.25) is 5.95 Å². The van der Waals surface area contributed by atoms with Gasteiger partial charge in [0.15, 0.2) is 0 Å². The van der Waals surface area contributed by atoms with Gasteiger partial charge in [-0.1, -0.05) is 12.1 Å². The van der Waals surface area contributed by atoms with Crippen LogP contribution in [0.4, 0.5) is 10.3 Å². The van der Waals surface area contributed by atoms with E-state index in [-0.39, 0.29) is 17.8 Å². The molecule has 1 aliphatic rings. The van der Waals surface area contributed by atoms with E-state index in [1.807, 2.05) is 36.0 Å². The van der Waals surface area contributed by atoms with E-state index in [2.05, 4.69) is 19.9 Å². The minimum Gasteiger partial charge on any atom is -0.347 e. The molecular weight excluding hydrogens is 445 g/mol. The number of benzene rings is 1. The molecule has 1 aliphatic heterocycles. The van der Waals surface area contributed by atoms with E-state index >= 15 is 0 Å². The molecule has 3 aromatic heterocycles. The first-order chi connectivity index (χ1) is 17.0. The Bertz CT molecular complexity index is 1360. The van der Waals surface area contributed by atoms with Crippen LogP contribution in [0.1, 0.15) is 34.9 Å². The van der Waals surface area contributed by atoms with Gasteiger partial charge in [-0.25, -0.2) is 24.3 Å². The topological polar surface area (TPSA) is 88.0 Å². The number of hydrogen-bond acceptors (Lipinski definition) is 7.